The molecule has 0 saturated carbocycles. The van der Waals surface area contributed by atoms with Gasteiger partial charge in [-0.25, -0.2) is 0 Å². The van der Waals surface area contributed by atoms with Crippen molar-refractivity contribution in [1.29, 1.82) is 0 Å². The van der Waals surface area contributed by atoms with Gasteiger partial charge in [0.15, 0.2) is 0 Å². The molecule has 0 atom stereocenters. The Hall–Kier alpha value is -1.75. The molecule has 1 amide bonds. The zero-order valence-electron chi connectivity index (χ0n) is 12.8. The number of phenolic OH excluding ortho intramolecular Hbond substituents is 1. The number of benzene rings is 1. The van der Waals surface area contributed by atoms with Gasteiger partial charge in [0.2, 0.25) is 0 Å². The number of rotatable bonds is 5. The first-order valence-electron chi connectivity index (χ1n) is 7.56. The van der Waals surface area contributed by atoms with Crippen LogP contribution in [-0.2, 0) is 0 Å². The number of nitrogens with one attached hydrogen (secondary N) is 1. The Morgan fingerprint density at radius 3 is 2.71 bits per heavy atom. The summed E-state index contributed by atoms with van der Waals surface area (Å²) in [5.41, 5.74) is 0.350. The third kappa shape index (κ3) is 3.67. The van der Waals surface area contributed by atoms with Crippen molar-refractivity contribution in [3.05, 3.63) is 23.8 Å². The monoisotopic (exact) mass is 292 g/mol. The molecule has 0 aliphatic carbocycles. The summed E-state index contributed by atoms with van der Waals surface area (Å²) >= 11 is 0. The lowest BCUT2D eigenvalue weighted by Gasteiger charge is -2.34. The molecule has 1 aromatic carbocycles. The van der Waals surface area contributed by atoms with E-state index in [1.54, 1.807) is 12.1 Å². The van der Waals surface area contributed by atoms with Crippen molar-refractivity contribution in [2.45, 2.75) is 32.2 Å². The molecule has 5 heteroatoms. The van der Waals surface area contributed by atoms with E-state index in [1.807, 2.05) is 4.90 Å². The molecule has 5 nitrogen and oxygen atoms in total. The average molecular weight is 292 g/mol. The average Bonchev–Trinajstić information content (AvgIpc) is 2.52. The minimum absolute atomic E-state index is 0.0191. The summed E-state index contributed by atoms with van der Waals surface area (Å²) in [6.07, 6.45) is 2.83. The number of hydrogen-bond acceptors (Lipinski definition) is 4. The van der Waals surface area contributed by atoms with Crippen LogP contribution in [0, 0.1) is 0 Å². The van der Waals surface area contributed by atoms with Gasteiger partial charge in [-0.05, 0) is 44.5 Å². The number of methoxy groups -OCH3 is 1. The summed E-state index contributed by atoms with van der Waals surface area (Å²) in [4.78, 5) is 14.7. The molecule has 0 radical (unpaired) electrons. The highest BCUT2D eigenvalue weighted by Crippen LogP contribution is 2.26. The van der Waals surface area contributed by atoms with Crippen molar-refractivity contribution in [3.8, 4) is 11.5 Å². The Kier molecular flexibility index (Phi) is 5.44. The van der Waals surface area contributed by atoms with Crippen LogP contribution < -0.4 is 10.1 Å². The molecule has 1 aliphatic rings. The molecular weight excluding hydrogens is 268 g/mol. The predicted octanol–water partition coefficient (Wildman–Crippen LogP) is 2.00. The second-order valence-electron chi connectivity index (χ2n) is 5.36. The third-order valence-corrected chi connectivity index (χ3v) is 3.91. The van der Waals surface area contributed by atoms with Crippen LogP contribution in [0.4, 0.5) is 0 Å². The van der Waals surface area contributed by atoms with Crippen LogP contribution in [0.1, 0.15) is 36.5 Å². The molecule has 1 heterocycles. The van der Waals surface area contributed by atoms with E-state index in [1.165, 1.54) is 13.2 Å². The van der Waals surface area contributed by atoms with Crippen LogP contribution in [0.2, 0.25) is 0 Å². The third-order valence-electron chi connectivity index (χ3n) is 3.91. The minimum atomic E-state index is -0.0936. The standard InChI is InChI=1S/C16H24N2O3/c1-3-10-18(12-6-8-17-9-7-12)16(20)14-5-4-13(21-2)11-15(14)19/h4-5,11-12,17,19H,3,6-10H2,1-2H3. The second-order valence-corrected chi connectivity index (χ2v) is 5.36. The molecule has 0 bridgehead atoms. The van der Waals surface area contributed by atoms with Crippen LogP contribution >= 0.6 is 0 Å². The van der Waals surface area contributed by atoms with Gasteiger partial charge in [0, 0.05) is 18.7 Å². The summed E-state index contributed by atoms with van der Waals surface area (Å²) in [7, 11) is 1.54. The zero-order valence-corrected chi connectivity index (χ0v) is 12.8. The van der Waals surface area contributed by atoms with E-state index in [4.69, 9.17) is 4.74 Å². The lowest BCUT2D eigenvalue weighted by molar-refractivity contribution is 0.0639. The highest BCUT2D eigenvalue weighted by atomic mass is 16.5. The normalized spacial score (nSPS) is 15.7. The summed E-state index contributed by atoms with van der Waals surface area (Å²) in [5, 5.41) is 13.4. The Morgan fingerprint density at radius 2 is 2.14 bits per heavy atom. The van der Waals surface area contributed by atoms with Crippen LogP contribution in [0.25, 0.3) is 0 Å². The molecular formula is C16H24N2O3. The molecule has 2 rings (SSSR count). The Labute approximate surface area is 125 Å². The molecule has 1 aliphatic heterocycles. The Balaban J connectivity index is 2.21. The number of carbonyl (C=O) groups is 1. The minimum Gasteiger partial charge on any atom is -0.507 e. The molecule has 1 saturated heterocycles. The number of ether oxygens (including phenoxy) is 1. The smallest absolute Gasteiger partial charge is 0.257 e. The van der Waals surface area contributed by atoms with E-state index < -0.39 is 0 Å². The highest BCUT2D eigenvalue weighted by molar-refractivity contribution is 5.97. The van der Waals surface area contributed by atoms with Gasteiger partial charge < -0.3 is 20.1 Å². The van der Waals surface area contributed by atoms with Gasteiger partial charge in [-0.3, -0.25) is 4.79 Å². The van der Waals surface area contributed by atoms with Crippen molar-refractivity contribution >= 4 is 5.91 Å². The van der Waals surface area contributed by atoms with Crippen molar-refractivity contribution in [2.24, 2.45) is 0 Å². The van der Waals surface area contributed by atoms with Crippen molar-refractivity contribution in [1.82, 2.24) is 10.2 Å². The van der Waals surface area contributed by atoms with Gasteiger partial charge in [-0.2, -0.15) is 0 Å². The molecule has 0 unspecified atom stereocenters. The topological polar surface area (TPSA) is 61.8 Å². The maximum Gasteiger partial charge on any atom is 0.257 e. The molecule has 21 heavy (non-hydrogen) atoms. The van der Waals surface area contributed by atoms with Gasteiger partial charge in [0.1, 0.15) is 11.5 Å². The summed E-state index contributed by atoms with van der Waals surface area (Å²) < 4.78 is 5.06. The van der Waals surface area contributed by atoms with Crippen LogP contribution in [0.3, 0.4) is 0 Å². The number of amides is 1. The van der Waals surface area contributed by atoms with E-state index in [0.717, 1.165) is 38.9 Å². The van der Waals surface area contributed by atoms with Gasteiger partial charge in [-0.15, -0.1) is 0 Å². The number of nitrogens with zero attached hydrogens (tertiary/aromatic N) is 1. The quantitative estimate of drug-likeness (QED) is 0.871. The van der Waals surface area contributed by atoms with Crippen molar-refractivity contribution in [2.75, 3.05) is 26.7 Å². The zero-order chi connectivity index (χ0) is 15.2. The van der Waals surface area contributed by atoms with Crippen LogP contribution in [0.5, 0.6) is 11.5 Å². The number of phenols is 1. The predicted molar refractivity (Wildman–Crippen MR) is 81.9 cm³/mol. The lowest BCUT2D eigenvalue weighted by atomic mass is 10.0. The molecule has 1 aromatic rings. The van der Waals surface area contributed by atoms with E-state index in [0.29, 0.717) is 11.3 Å². The SMILES string of the molecule is CCCN(C(=O)c1ccc(OC)cc1O)C1CCNCC1. The number of hydrogen-bond donors (Lipinski definition) is 2. The van der Waals surface area contributed by atoms with Gasteiger partial charge in [0.05, 0.1) is 12.7 Å². The summed E-state index contributed by atoms with van der Waals surface area (Å²) in [6.45, 7) is 4.66. The molecule has 0 spiro atoms. The number of piperidine rings is 1. The van der Waals surface area contributed by atoms with Crippen molar-refractivity contribution in [3.63, 3.8) is 0 Å². The summed E-state index contributed by atoms with van der Waals surface area (Å²) in [6, 6.07) is 5.08. The molecule has 116 valence electrons. The fourth-order valence-corrected chi connectivity index (χ4v) is 2.78. The highest BCUT2D eigenvalue weighted by Gasteiger charge is 2.27. The lowest BCUT2D eigenvalue weighted by Crippen LogP contribution is -2.46. The van der Waals surface area contributed by atoms with E-state index in [-0.39, 0.29) is 17.7 Å². The Morgan fingerprint density at radius 1 is 1.43 bits per heavy atom. The van der Waals surface area contributed by atoms with Gasteiger partial charge in [-0.1, -0.05) is 6.92 Å². The Bertz CT molecular complexity index is 484. The van der Waals surface area contributed by atoms with Crippen LogP contribution in [-0.4, -0.2) is 48.7 Å². The fraction of sp³-hybridized carbons (Fsp3) is 0.562. The maximum atomic E-state index is 12.8. The van der Waals surface area contributed by atoms with E-state index in [2.05, 4.69) is 12.2 Å². The number of carbonyl (C=O) groups excluding carboxylic acids is 1. The van der Waals surface area contributed by atoms with Crippen LogP contribution in [0.15, 0.2) is 18.2 Å². The van der Waals surface area contributed by atoms with Crippen molar-refractivity contribution < 1.29 is 14.6 Å². The van der Waals surface area contributed by atoms with E-state index in [9.17, 15) is 9.90 Å². The van der Waals surface area contributed by atoms with E-state index >= 15 is 0 Å². The summed E-state index contributed by atoms with van der Waals surface area (Å²) in [5.74, 6) is 0.436. The number of aromatic hydroxyl groups is 1. The second kappa shape index (κ2) is 7.31. The first-order valence-corrected chi connectivity index (χ1v) is 7.56. The molecule has 2 N–H and O–H groups in total. The first kappa shape index (κ1) is 15.6. The fourth-order valence-electron chi connectivity index (χ4n) is 2.78. The van der Waals surface area contributed by atoms with Gasteiger partial charge >= 0.3 is 0 Å². The van der Waals surface area contributed by atoms with Gasteiger partial charge in [0.25, 0.3) is 5.91 Å². The maximum absolute atomic E-state index is 12.8. The largest absolute Gasteiger partial charge is 0.507 e. The molecule has 0 aromatic heterocycles. The first-order chi connectivity index (χ1) is 10.2. The molecule has 1 fully saturated rings.